The molecule has 9 heteroatoms. The minimum absolute atomic E-state index is 0.0230. The van der Waals surface area contributed by atoms with Gasteiger partial charge in [0.25, 0.3) is 17.3 Å². The van der Waals surface area contributed by atoms with Gasteiger partial charge in [0.2, 0.25) is 0 Å². The summed E-state index contributed by atoms with van der Waals surface area (Å²) in [6, 6.07) is 6.59. The number of amides is 1. The van der Waals surface area contributed by atoms with Gasteiger partial charge < -0.3 is 5.32 Å². The first-order valence-corrected chi connectivity index (χ1v) is 6.30. The van der Waals surface area contributed by atoms with Crippen LogP contribution in [0.4, 0.5) is 21.5 Å². The Morgan fingerprint density at radius 2 is 1.83 bits per heavy atom. The van der Waals surface area contributed by atoms with Crippen LogP contribution in [0.25, 0.3) is 0 Å². The van der Waals surface area contributed by atoms with Crippen molar-refractivity contribution in [2.75, 3.05) is 5.32 Å². The molecule has 0 saturated carbocycles. The fraction of sp³-hybridized carbons (Fsp3) is 0.0714. The van der Waals surface area contributed by atoms with Gasteiger partial charge in [-0.15, -0.1) is 0 Å². The van der Waals surface area contributed by atoms with Crippen molar-refractivity contribution in [3.05, 3.63) is 73.6 Å². The molecule has 0 saturated heterocycles. The highest BCUT2D eigenvalue weighted by Crippen LogP contribution is 2.24. The van der Waals surface area contributed by atoms with Crippen molar-refractivity contribution < 1.29 is 19.0 Å². The van der Waals surface area contributed by atoms with Gasteiger partial charge in [0.15, 0.2) is 0 Å². The Morgan fingerprint density at radius 1 is 1.13 bits per heavy atom. The summed E-state index contributed by atoms with van der Waals surface area (Å²) in [6.45, 7) is 1.39. The Labute approximate surface area is 128 Å². The third kappa shape index (κ3) is 3.28. The Balaban J connectivity index is 2.37. The quantitative estimate of drug-likeness (QED) is 0.686. The molecule has 0 aliphatic carbocycles. The smallest absolute Gasteiger partial charge is 0.273 e. The van der Waals surface area contributed by atoms with Crippen LogP contribution >= 0.6 is 0 Å². The number of benzene rings is 2. The number of hydrogen-bond acceptors (Lipinski definition) is 5. The van der Waals surface area contributed by atoms with Gasteiger partial charge >= 0.3 is 0 Å². The van der Waals surface area contributed by atoms with Gasteiger partial charge in [0.1, 0.15) is 5.82 Å². The second-order valence-corrected chi connectivity index (χ2v) is 4.58. The van der Waals surface area contributed by atoms with E-state index in [-0.39, 0.29) is 22.5 Å². The lowest BCUT2D eigenvalue weighted by molar-refractivity contribution is -0.385. The summed E-state index contributed by atoms with van der Waals surface area (Å²) in [4.78, 5) is 32.4. The number of nitro groups is 2. The van der Waals surface area contributed by atoms with Crippen molar-refractivity contribution in [2.45, 2.75) is 6.92 Å². The third-order valence-electron chi connectivity index (χ3n) is 3.16. The molecule has 0 aliphatic heterocycles. The van der Waals surface area contributed by atoms with Crippen LogP contribution in [0.5, 0.6) is 0 Å². The number of rotatable bonds is 4. The number of nitro benzene ring substituents is 2. The van der Waals surface area contributed by atoms with E-state index in [0.717, 1.165) is 18.2 Å². The minimum atomic E-state index is -0.855. The maximum atomic E-state index is 13.7. The van der Waals surface area contributed by atoms with Crippen LogP contribution < -0.4 is 5.32 Å². The van der Waals surface area contributed by atoms with Crippen molar-refractivity contribution >= 4 is 23.0 Å². The molecule has 0 fully saturated rings. The van der Waals surface area contributed by atoms with E-state index < -0.39 is 27.3 Å². The summed E-state index contributed by atoms with van der Waals surface area (Å²) < 4.78 is 13.7. The fourth-order valence-corrected chi connectivity index (χ4v) is 1.98. The monoisotopic (exact) mass is 319 g/mol. The van der Waals surface area contributed by atoms with Crippen LogP contribution in [0, 0.1) is 33.0 Å². The van der Waals surface area contributed by atoms with Gasteiger partial charge in [-0.3, -0.25) is 25.0 Å². The van der Waals surface area contributed by atoms with E-state index in [1.807, 2.05) is 0 Å². The lowest BCUT2D eigenvalue weighted by Gasteiger charge is -2.08. The second kappa shape index (κ2) is 6.18. The van der Waals surface area contributed by atoms with Crippen LogP contribution in [0.15, 0.2) is 36.4 Å². The second-order valence-electron chi connectivity index (χ2n) is 4.58. The molecule has 0 atom stereocenters. The summed E-state index contributed by atoms with van der Waals surface area (Å²) in [7, 11) is 0. The molecule has 1 N–H and O–H groups in total. The van der Waals surface area contributed by atoms with Crippen molar-refractivity contribution in [1.82, 2.24) is 0 Å². The molecule has 2 aromatic carbocycles. The average Bonchev–Trinajstić information content (AvgIpc) is 2.49. The van der Waals surface area contributed by atoms with E-state index in [4.69, 9.17) is 0 Å². The van der Waals surface area contributed by atoms with Gasteiger partial charge in [-0.1, -0.05) is 6.07 Å². The molecule has 2 rings (SSSR count). The van der Waals surface area contributed by atoms with Crippen LogP contribution in [0.3, 0.4) is 0 Å². The van der Waals surface area contributed by atoms with Crippen LogP contribution in [0.1, 0.15) is 15.9 Å². The van der Waals surface area contributed by atoms with E-state index >= 15 is 0 Å². The van der Waals surface area contributed by atoms with Crippen molar-refractivity contribution in [3.8, 4) is 0 Å². The average molecular weight is 319 g/mol. The maximum Gasteiger partial charge on any atom is 0.273 e. The lowest BCUT2D eigenvalue weighted by atomic mass is 10.1. The van der Waals surface area contributed by atoms with Crippen LogP contribution in [-0.2, 0) is 0 Å². The van der Waals surface area contributed by atoms with Gasteiger partial charge in [0, 0.05) is 29.3 Å². The van der Waals surface area contributed by atoms with Gasteiger partial charge in [-0.25, -0.2) is 4.39 Å². The van der Waals surface area contributed by atoms with Crippen molar-refractivity contribution in [1.29, 1.82) is 0 Å². The molecule has 0 unspecified atom stereocenters. The van der Waals surface area contributed by atoms with E-state index in [1.165, 1.54) is 25.1 Å². The zero-order chi connectivity index (χ0) is 17.1. The van der Waals surface area contributed by atoms with E-state index in [0.29, 0.717) is 0 Å². The molecule has 0 spiro atoms. The fourth-order valence-electron chi connectivity index (χ4n) is 1.98. The zero-order valence-electron chi connectivity index (χ0n) is 11.8. The first-order valence-electron chi connectivity index (χ1n) is 6.30. The zero-order valence-corrected chi connectivity index (χ0v) is 11.8. The number of halogens is 1. The molecule has 118 valence electrons. The first-order chi connectivity index (χ1) is 10.8. The number of hydrogen-bond donors (Lipinski definition) is 1. The molecule has 0 radical (unpaired) electrons. The molecule has 0 bridgehead atoms. The van der Waals surface area contributed by atoms with Crippen molar-refractivity contribution in [2.24, 2.45) is 0 Å². The largest absolute Gasteiger partial charge is 0.319 e. The predicted octanol–water partition coefficient (Wildman–Crippen LogP) is 3.20. The highest BCUT2D eigenvalue weighted by atomic mass is 19.1. The predicted molar refractivity (Wildman–Crippen MR) is 78.8 cm³/mol. The number of nitrogens with one attached hydrogen (secondary N) is 1. The topological polar surface area (TPSA) is 115 Å². The molecule has 23 heavy (non-hydrogen) atoms. The molecule has 0 aliphatic rings. The van der Waals surface area contributed by atoms with E-state index in [1.54, 1.807) is 0 Å². The van der Waals surface area contributed by atoms with E-state index in [9.17, 15) is 29.4 Å². The molecule has 0 aromatic heterocycles. The number of anilines is 1. The Kier molecular flexibility index (Phi) is 4.30. The highest BCUT2D eigenvalue weighted by Gasteiger charge is 2.19. The summed E-state index contributed by atoms with van der Waals surface area (Å²) in [5, 5.41) is 23.7. The minimum Gasteiger partial charge on any atom is -0.319 e. The van der Waals surface area contributed by atoms with Crippen molar-refractivity contribution in [3.63, 3.8) is 0 Å². The molecular weight excluding hydrogens is 309 g/mol. The number of non-ortho nitro benzene ring substituents is 1. The first kappa shape index (κ1) is 16.0. The van der Waals surface area contributed by atoms with Crippen LogP contribution in [0.2, 0.25) is 0 Å². The Hall–Kier alpha value is -3.36. The van der Waals surface area contributed by atoms with Gasteiger partial charge in [-0.2, -0.15) is 0 Å². The highest BCUT2D eigenvalue weighted by molar-refractivity contribution is 6.06. The van der Waals surface area contributed by atoms with Gasteiger partial charge in [-0.05, 0) is 19.1 Å². The number of carbonyl (C=O) groups is 1. The summed E-state index contributed by atoms with van der Waals surface area (Å²) in [5.74, 6) is -1.65. The van der Waals surface area contributed by atoms with Gasteiger partial charge in [0.05, 0.1) is 15.5 Å². The van der Waals surface area contributed by atoms with Crippen LogP contribution in [-0.4, -0.2) is 15.8 Å². The normalized spacial score (nSPS) is 10.2. The lowest BCUT2D eigenvalue weighted by Crippen LogP contribution is -2.15. The summed E-state index contributed by atoms with van der Waals surface area (Å²) in [5.41, 5.74) is -0.935. The molecular formula is C14H10FN3O5. The standard InChI is InChI=1S/C14H10FN3O5/c1-8-10(3-2-4-13(8)18(22)23)14(19)16-12-7-9(17(20)21)5-6-11(12)15/h2-7H,1H3,(H,16,19). The molecule has 0 heterocycles. The molecule has 2 aromatic rings. The summed E-state index contributed by atoms with van der Waals surface area (Å²) in [6.07, 6.45) is 0. The summed E-state index contributed by atoms with van der Waals surface area (Å²) >= 11 is 0. The molecule has 1 amide bonds. The maximum absolute atomic E-state index is 13.7. The third-order valence-corrected chi connectivity index (χ3v) is 3.16. The SMILES string of the molecule is Cc1c(C(=O)Nc2cc([N+](=O)[O-])ccc2F)cccc1[N+](=O)[O-]. The Bertz CT molecular complexity index is 822. The Morgan fingerprint density at radius 3 is 2.43 bits per heavy atom. The number of nitrogens with zero attached hydrogens (tertiary/aromatic N) is 2. The number of carbonyl (C=O) groups excluding carboxylic acids is 1. The van der Waals surface area contributed by atoms with E-state index in [2.05, 4.69) is 5.32 Å². The molecule has 8 nitrogen and oxygen atoms in total.